The van der Waals surface area contributed by atoms with Crippen LogP contribution in [-0.2, 0) is 107 Å². The molecule has 1 aliphatic heterocycles. The average Bonchev–Trinajstić information content (AvgIpc) is 1.74. The number of carboxylic acid groups (broad SMARTS) is 3. The van der Waals surface area contributed by atoms with Gasteiger partial charge in [0.25, 0.3) is 0 Å². The van der Waals surface area contributed by atoms with Crippen molar-refractivity contribution in [3.05, 3.63) is 36.0 Å². The number of hydrogen-bond donors (Lipinski definition) is 22. The Morgan fingerprint density at radius 1 is 0.638 bits per heavy atom. The van der Waals surface area contributed by atoms with E-state index in [-0.39, 0.29) is 45.1 Å². The number of carboxylic acids is 3. The number of esters is 1. The maximum absolute atomic E-state index is 15.0. The van der Waals surface area contributed by atoms with Gasteiger partial charge < -0.3 is 132 Å². The summed E-state index contributed by atoms with van der Waals surface area (Å²) in [7, 11) is 1.72. The lowest BCUT2D eigenvalue weighted by Crippen LogP contribution is -2.65. The molecule has 44 nitrogen and oxygen atoms in total. The molecule has 0 aliphatic carbocycles. The van der Waals surface area contributed by atoms with E-state index < -0.39 is 255 Å². The number of amides is 15. The second kappa shape index (κ2) is 49.3. The Balaban J connectivity index is 2.26. The normalized spacial score (nSPS) is 22.2. The van der Waals surface area contributed by atoms with E-state index in [1.54, 1.807) is 30.5 Å². The highest BCUT2D eigenvalue weighted by Gasteiger charge is 2.44. The molecule has 1 aromatic heterocycles. The third-order valence-electron chi connectivity index (χ3n) is 18.6. The first-order valence-electron chi connectivity index (χ1n) is 37.7. The van der Waals surface area contributed by atoms with Gasteiger partial charge in [-0.3, -0.25) is 81.5 Å². The number of ether oxygens (including phenoxy) is 2. The van der Waals surface area contributed by atoms with E-state index in [1.807, 2.05) is 5.32 Å². The van der Waals surface area contributed by atoms with Gasteiger partial charge in [-0.05, 0) is 76.0 Å². The summed E-state index contributed by atoms with van der Waals surface area (Å²) >= 11 is 0. The Hall–Kier alpha value is -11.5. The van der Waals surface area contributed by atoms with Gasteiger partial charge >= 0.3 is 23.9 Å². The number of fused-ring (bicyclic) bond motifs is 1. The van der Waals surface area contributed by atoms with Crippen LogP contribution in [0.1, 0.15) is 150 Å². The van der Waals surface area contributed by atoms with Gasteiger partial charge in [0.05, 0.1) is 32.4 Å². The number of aromatic nitrogens is 1. The first kappa shape index (κ1) is 98.7. The van der Waals surface area contributed by atoms with Crippen LogP contribution in [0.3, 0.4) is 0 Å². The predicted molar refractivity (Wildman–Crippen MR) is 406 cm³/mol. The quantitative estimate of drug-likeness (QED) is 0.0170. The highest BCUT2D eigenvalue weighted by atomic mass is 16.5. The fourth-order valence-electron chi connectivity index (χ4n) is 11.9. The summed E-state index contributed by atoms with van der Waals surface area (Å²) in [6.07, 6.45) is -8.38. The van der Waals surface area contributed by atoms with E-state index in [0.29, 0.717) is 40.1 Å². The molecule has 0 saturated carbocycles. The van der Waals surface area contributed by atoms with Gasteiger partial charge in [-0.25, -0.2) is 9.59 Å². The Kier molecular flexibility index (Phi) is 41.9. The summed E-state index contributed by atoms with van der Waals surface area (Å²) in [5.74, 6) is -26.8. The van der Waals surface area contributed by atoms with Crippen LogP contribution in [0.15, 0.2) is 30.5 Å². The number of likely N-dealkylation sites (N-methyl/N-ethyl adjacent to an activating group) is 1. The number of nitrogens with zero attached hydrogens (tertiary/aromatic N) is 1. The molecule has 646 valence electrons. The third-order valence-corrected chi connectivity index (χ3v) is 18.6. The Bertz CT molecular complexity index is 3800. The number of hydrogen-bond acceptors (Lipinski definition) is 25. The minimum Gasteiger partial charge on any atom is -0.481 e. The molecule has 16 atom stereocenters. The molecule has 116 heavy (non-hydrogen) atoms. The Morgan fingerprint density at radius 3 is 1.80 bits per heavy atom. The summed E-state index contributed by atoms with van der Waals surface area (Å²) in [6.45, 7) is 6.75. The first-order valence-corrected chi connectivity index (χ1v) is 37.7. The minimum absolute atomic E-state index is 0.0106. The summed E-state index contributed by atoms with van der Waals surface area (Å²) in [6, 6.07) is -15.5. The number of nitrogens with one attached hydrogen (secondary N) is 13. The number of aliphatic hydroxyl groups is 2. The lowest BCUT2D eigenvalue weighted by atomic mass is 9.98. The zero-order valence-corrected chi connectivity index (χ0v) is 65.9. The van der Waals surface area contributed by atoms with Crippen LogP contribution < -0.4 is 86.7 Å². The molecule has 15 amide bonds. The number of unbranched alkanes of at least 4 members (excludes halogenated alkanes) is 5. The van der Waals surface area contributed by atoms with E-state index in [2.05, 4.69) is 77.3 Å². The van der Waals surface area contributed by atoms with Crippen molar-refractivity contribution in [1.82, 2.24) is 73.7 Å². The molecule has 1 unspecified atom stereocenters. The third kappa shape index (κ3) is 33.5. The number of aliphatic hydroxyl groups excluding tert-OH is 2. The maximum Gasteiger partial charge on any atom is 0.335 e. The van der Waals surface area contributed by atoms with Gasteiger partial charge in [-0.15, -0.1) is 0 Å². The molecular weight excluding hydrogens is 1530 g/mol. The number of methoxy groups -OCH3 is 1. The molecule has 2 heterocycles. The van der Waals surface area contributed by atoms with Gasteiger partial charge in [0.1, 0.15) is 84.9 Å². The number of cyclic esters (lactones) is 1. The smallest absolute Gasteiger partial charge is 0.335 e. The number of primary amides is 2. The Morgan fingerprint density at radius 2 is 1.22 bits per heavy atom. The fraction of sp³-hybridized carbons (Fsp3) is 0.625. The second-order valence-electron chi connectivity index (χ2n) is 28.6. The van der Waals surface area contributed by atoms with E-state index in [1.165, 1.54) is 13.8 Å². The van der Waals surface area contributed by atoms with Gasteiger partial charge in [-0.2, -0.15) is 0 Å². The van der Waals surface area contributed by atoms with Crippen molar-refractivity contribution in [2.24, 2.45) is 34.8 Å². The van der Waals surface area contributed by atoms with E-state index >= 15 is 0 Å². The number of para-hydroxylation sites is 1. The first-order chi connectivity index (χ1) is 54.5. The van der Waals surface area contributed by atoms with Crippen LogP contribution in [-0.4, -0.2) is 273 Å². The number of carbonyl (C=O) groups excluding carboxylic acids is 16. The van der Waals surface area contributed by atoms with Crippen molar-refractivity contribution in [2.75, 3.05) is 33.8 Å². The zero-order chi connectivity index (χ0) is 87.4. The van der Waals surface area contributed by atoms with Gasteiger partial charge in [0.15, 0.2) is 6.10 Å². The Labute approximate surface area is 667 Å². The van der Waals surface area contributed by atoms with Crippen molar-refractivity contribution in [2.45, 2.75) is 242 Å². The molecule has 1 saturated heterocycles. The van der Waals surface area contributed by atoms with E-state index in [0.717, 1.165) is 53.7 Å². The van der Waals surface area contributed by atoms with E-state index in [4.69, 9.17) is 32.4 Å². The highest BCUT2D eigenvalue weighted by molar-refractivity contribution is 6.02. The number of aromatic amines is 1. The predicted octanol–water partition coefficient (Wildman–Crippen LogP) is -7.03. The molecule has 26 N–H and O–H groups in total. The summed E-state index contributed by atoms with van der Waals surface area (Å²) < 4.78 is 10.7. The standard InChI is InChI=1S/C72H112N18O26/c1-9-35(4)54-72(114)116-37(6)55(87-69(110)56(58(100)60(76)101)88-67(108)45(29-48(75)92)85-64(105)43(27-38-31-77-40-21-16-15-20-39(38)40)80-49(93)23-14-12-10-11-13-19-34(2)3)70(111)90(7)33-51(95)79-36(5)61(102)84-46(30-53(98)99)66(107)82-41(22-17-18-26-73)62(103)89-57(59(115-8)71(112)113)68(109)78-32-50(94)81-44(28-47(74)91)65(106)83-42(63(104)86-54)24-25-52(96)97/h15-16,20-21,31,34-37,41-46,54-60,77,100-101H,9-14,17-19,22-30,32-33,73,76H2,1-8H3,(H2,74,91)(H2,75,92)(H,78,109)(H,79,95)(H,80,93)(H,81,94)(H,82,107)(H,83,106)(H,84,102)(H,85,105)(H,86,104)(H,87,110)(H,88,108)(H,89,103)(H,96,97)(H,98,99)(H,112,113)/t35-,36-,37-,41+,42-,43-,44+,45+,46-,54-,55-,56-,57-,58-,59-,60?/m0/s1. The summed E-state index contributed by atoms with van der Waals surface area (Å²) in [5.41, 5.74) is 23.6. The monoisotopic (exact) mass is 1640 g/mol. The van der Waals surface area contributed by atoms with E-state index in [9.17, 15) is 117 Å². The van der Waals surface area contributed by atoms with Crippen LogP contribution in [0.2, 0.25) is 0 Å². The molecule has 3 rings (SSSR count). The number of rotatable bonds is 37. The highest BCUT2D eigenvalue weighted by Crippen LogP contribution is 2.21. The van der Waals surface area contributed by atoms with Gasteiger partial charge in [0.2, 0.25) is 88.6 Å². The molecule has 2 aromatic rings. The number of nitrogens with two attached hydrogens (primary N) is 4. The summed E-state index contributed by atoms with van der Waals surface area (Å²) in [5, 5.41) is 79.0. The van der Waals surface area contributed by atoms with Crippen LogP contribution >= 0.6 is 0 Å². The van der Waals surface area contributed by atoms with Crippen molar-refractivity contribution >= 4 is 123 Å². The molecule has 0 spiro atoms. The van der Waals surface area contributed by atoms with Crippen molar-refractivity contribution in [3.63, 3.8) is 0 Å². The topological polar surface area (TPSA) is 711 Å². The average molecular weight is 1650 g/mol. The van der Waals surface area contributed by atoms with Gasteiger partial charge in [0, 0.05) is 50.5 Å². The van der Waals surface area contributed by atoms with Crippen LogP contribution in [0.25, 0.3) is 10.9 Å². The van der Waals surface area contributed by atoms with Crippen molar-refractivity contribution < 1.29 is 126 Å². The minimum atomic E-state index is -2.61. The number of carbonyl (C=O) groups is 19. The largest absolute Gasteiger partial charge is 0.481 e. The van der Waals surface area contributed by atoms with Crippen LogP contribution in [0.5, 0.6) is 0 Å². The van der Waals surface area contributed by atoms with Crippen LogP contribution in [0, 0.1) is 11.8 Å². The maximum atomic E-state index is 15.0. The molecule has 0 bridgehead atoms. The number of H-pyrrole nitrogens is 1. The van der Waals surface area contributed by atoms with Crippen LogP contribution in [0.4, 0.5) is 0 Å². The lowest BCUT2D eigenvalue weighted by Gasteiger charge is -2.33. The van der Waals surface area contributed by atoms with Crippen molar-refractivity contribution in [3.8, 4) is 0 Å². The molecule has 1 aromatic carbocycles. The molecular formula is C72H112N18O26. The number of benzene rings is 1. The number of aliphatic carboxylic acids is 3. The second-order valence-corrected chi connectivity index (χ2v) is 28.6. The van der Waals surface area contributed by atoms with Gasteiger partial charge in [-0.1, -0.05) is 84.4 Å². The SMILES string of the molecule is CC[C@H](C)[C@@H]1NC(=O)[C@H](CCC(=O)O)NC(=O)[C@@H](CC(N)=O)NC(=O)CNC(=O)[C@H]([C@H](OC)C(=O)O)NC(=O)[C@@H](CCCCN)NC(=O)[C@H](CC(=O)O)NC(=O)[C@H](C)NC(=O)CN(C)C(=O)[C@@H](NC(=O)[C@@H](NC(=O)[C@@H](CC(N)=O)NC(=O)[C@H](Cc2c[nH]c3ccccc23)NC(=O)CCCCCCCC(C)C)[C@H](O)C(N)O)[C@H](C)OC1=O. The molecule has 0 radical (unpaired) electrons. The zero-order valence-electron chi connectivity index (χ0n) is 65.9. The fourth-order valence-corrected chi connectivity index (χ4v) is 11.9. The molecule has 44 heteroatoms. The lowest BCUT2D eigenvalue weighted by molar-refractivity contribution is -0.159. The summed E-state index contributed by atoms with van der Waals surface area (Å²) in [4.78, 5) is 265. The molecule has 1 fully saturated rings. The molecule has 1 aliphatic rings. The van der Waals surface area contributed by atoms with Crippen molar-refractivity contribution in [1.29, 1.82) is 0 Å².